The maximum absolute atomic E-state index is 10.7. The summed E-state index contributed by atoms with van der Waals surface area (Å²) in [7, 11) is 0. The first kappa shape index (κ1) is 13.5. The van der Waals surface area contributed by atoms with Gasteiger partial charge in [-0.3, -0.25) is 10.1 Å². The summed E-state index contributed by atoms with van der Waals surface area (Å²) < 4.78 is 0. The van der Waals surface area contributed by atoms with Crippen LogP contribution in [-0.4, -0.2) is 4.92 Å². The molecular formula is C15H11N3O2. The van der Waals surface area contributed by atoms with Crippen LogP contribution in [0, 0.1) is 38.7 Å². The molecule has 0 heterocycles. The molecule has 1 aliphatic carbocycles. The fraction of sp³-hybridized carbons (Fsp3) is 0.200. The van der Waals surface area contributed by atoms with Gasteiger partial charge in [-0.15, -0.1) is 0 Å². The van der Waals surface area contributed by atoms with E-state index in [4.69, 9.17) is 10.5 Å². The molecule has 20 heavy (non-hydrogen) atoms. The van der Waals surface area contributed by atoms with E-state index in [2.05, 4.69) is 0 Å². The SMILES string of the molecule is N#CC(C#N)=C(C=Cc1cccc([N+](=O)[O-])c1)C1CC1. The minimum atomic E-state index is -0.453. The topological polar surface area (TPSA) is 90.7 Å². The summed E-state index contributed by atoms with van der Waals surface area (Å²) in [6.07, 6.45) is 5.37. The van der Waals surface area contributed by atoms with Crippen LogP contribution >= 0.6 is 0 Å². The summed E-state index contributed by atoms with van der Waals surface area (Å²) in [5, 5.41) is 28.6. The van der Waals surface area contributed by atoms with Crippen LogP contribution < -0.4 is 0 Å². The highest BCUT2D eigenvalue weighted by Gasteiger charge is 2.27. The van der Waals surface area contributed by atoms with Crippen molar-refractivity contribution in [3.8, 4) is 12.1 Å². The molecule has 0 aromatic heterocycles. The van der Waals surface area contributed by atoms with Gasteiger partial charge in [-0.25, -0.2) is 0 Å². The molecule has 5 nitrogen and oxygen atoms in total. The number of rotatable bonds is 4. The fourth-order valence-corrected chi connectivity index (χ4v) is 1.90. The predicted molar refractivity (Wildman–Crippen MR) is 73.1 cm³/mol. The number of nitrogens with zero attached hydrogens (tertiary/aromatic N) is 3. The van der Waals surface area contributed by atoms with Crippen LogP contribution in [0.25, 0.3) is 6.08 Å². The molecule has 1 fully saturated rings. The van der Waals surface area contributed by atoms with E-state index >= 15 is 0 Å². The van der Waals surface area contributed by atoms with Gasteiger partial charge in [-0.05, 0) is 29.9 Å². The number of benzene rings is 1. The number of hydrogen-bond acceptors (Lipinski definition) is 4. The largest absolute Gasteiger partial charge is 0.270 e. The maximum Gasteiger partial charge on any atom is 0.270 e. The van der Waals surface area contributed by atoms with Crippen LogP contribution in [0.4, 0.5) is 5.69 Å². The lowest BCUT2D eigenvalue weighted by atomic mass is 10.0. The molecule has 98 valence electrons. The number of nitro benzene ring substituents is 1. The minimum absolute atomic E-state index is 0.0184. The van der Waals surface area contributed by atoms with Crippen molar-refractivity contribution in [3.05, 3.63) is 57.2 Å². The number of allylic oxidation sites excluding steroid dienone is 3. The molecule has 0 aliphatic heterocycles. The van der Waals surface area contributed by atoms with Crippen LogP contribution in [-0.2, 0) is 0 Å². The molecule has 0 radical (unpaired) electrons. The van der Waals surface area contributed by atoms with E-state index in [-0.39, 0.29) is 17.2 Å². The summed E-state index contributed by atoms with van der Waals surface area (Å²) in [5.41, 5.74) is 1.54. The van der Waals surface area contributed by atoms with Crippen molar-refractivity contribution in [2.45, 2.75) is 12.8 Å². The summed E-state index contributed by atoms with van der Waals surface area (Å²) in [6.45, 7) is 0. The third-order valence-corrected chi connectivity index (χ3v) is 3.07. The first-order chi connectivity index (χ1) is 9.65. The predicted octanol–water partition coefficient (Wildman–Crippen LogP) is 3.36. The third kappa shape index (κ3) is 3.09. The van der Waals surface area contributed by atoms with Crippen molar-refractivity contribution in [2.75, 3.05) is 0 Å². The highest BCUT2D eigenvalue weighted by atomic mass is 16.6. The fourth-order valence-electron chi connectivity index (χ4n) is 1.90. The molecule has 1 aliphatic rings. The average Bonchev–Trinajstić information content (AvgIpc) is 3.28. The summed E-state index contributed by atoms with van der Waals surface area (Å²) >= 11 is 0. The van der Waals surface area contributed by atoms with Gasteiger partial charge in [0.2, 0.25) is 0 Å². The zero-order valence-electron chi connectivity index (χ0n) is 10.6. The molecule has 5 heteroatoms. The van der Waals surface area contributed by atoms with Gasteiger partial charge in [0.05, 0.1) is 4.92 Å². The Bertz CT molecular complexity index is 670. The second kappa shape index (κ2) is 5.81. The number of nitriles is 2. The smallest absolute Gasteiger partial charge is 0.258 e. The lowest BCUT2D eigenvalue weighted by molar-refractivity contribution is -0.384. The zero-order chi connectivity index (χ0) is 14.5. The molecule has 0 spiro atoms. The van der Waals surface area contributed by atoms with E-state index in [1.807, 2.05) is 12.1 Å². The zero-order valence-corrected chi connectivity index (χ0v) is 10.6. The van der Waals surface area contributed by atoms with Crippen molar-refractivity contribution < 1.29 is 4.92 Å². The Balaban J connectivity index is 2.30. The summed E-state index contributed by atoms with van der Waals surface area (Å²) in [6, 6.07) is 10.0. The third-order valence-electron chi connectivity index (χ3n) is 3.07. The van der Waals surface area contributed by atoms with Crippen LogP contribution in [0.5, 0.6) is 0 Å². The van der Waals surface area contributed by atoms with Gasteiger partial charge >= 0.3 is 0 Å². The Morgan fingerprint density at radius 2 is 2.05 bits per heavy atom. The number of nitro groups is 1. The molecule has 0 amide bonds. The number of hydrogen-bond donors (Lipinski definition) is 0. The van der Waals surface area contributed by atoms with Gasteiger partial charge in [0, 0.05) is 12.1 Å². The average molecular weight is 265 g/mol. The van der Waals surface area contributed by atoms with Crippen molar-refractivity contribution in [3.63, 3.8) is 0 Å². The minimum Gasteiger partial charge on any atom is -0.258 e. The second-order valence-corrected chi connectivity index (χ2v) is 4.51. The highest BCUT2D eigenvalue weighted by molar-refractivity contribution is 5.59. The van der Waals surface area contributed by atoms with Crippen molar-refractivity contribution in [1.29, 1.82) is 10.5 Å². The molecule has 0 bridgehead atoms. The van der Waals surface area contributed by atoms with Gasteiger partial charge in [-0.2, -0.15) is 10.5 Å². The molecule has 0 N–H and O–H groups in total. The van der Waals surface area contributed by atoms with Crippen molar-refractivity contribution >= 4 is 11.8 Å². The van der Waals surface area contributed by atoms with Gasteiger partial charge in [0.1, 0.15) is 17.7 Å². The van der Waals surface area contributed by atoms with E-state index in [1.165, 1.54) is 12.1 Å². The molecule has 0 unspecified atom stereocenters. The van der Waals surface area contributed by atoms with Crippen molar-refractivity contribution in [1.82, 2.24) is 0 Å². The van der Waals surface area contributed by atoms with Gasteiger partial charge in [0.15, 0.2) is 0 Å². The van der Waals surface area contributed by atoms with Gasteiger partial charge in [-0.1, -0.05) is 24.3 Å². The van der Waals surface area contributed by atoms with Crippen LogP contribution in [0.15, 0.2) is 41.5 Å². The maximum atomic E-state index is 10.7. The van der Waals surface area contributed by atoms with E-state index in [9.17, 15) is 10.1 Å². The van der Waals surface area contributed by atoms with Crippen LogP contribution in [0.1, 0.15) is 18.4 Å². The molecule has 1 aromatic rings. The van der Waals surface area contributed by atoms with Gasteiger partial charge in [0.25, 0.3) is 5.69 Å². The Morgan fingerprint density at radius 3 is 2.60 bits per heavy atom. The highest BCUT2D eigenvalue weighted by Crippen LogP contribution is 2.38. The van der Waals surface area contributed by atoms with Crippen LogP contribution in [0.3, 0.4) is 0 Å². The monoisotopic (exact) mass is 265 g/mol. The quantitative estimate of drug-likeness (QED) is 0.361. The molecule has 0 saturated heterocycles. The molecule has 2 rings (SSSR count). The van der Waals surface area contributed by atoms with Gasteiger partial charge < -0.3 is 0 Å². The summed E-state index contributed by atoms with van der Waals surface area (Å²) in [4.78, 5) is 10.2. The standard InChI is InChI=1S/C15H11N3O2/c16-9-13(10-17)15(12-5-6-12)7-4-11-2-1-3-14(8-11)18(19)20/h1-4,7-8,12H,5-6H2. The summed E-state index contributed by atoms with van der Waals surface area (Å²) in [5.74, 6) is 0.263. The lowest BCUT2D eigenvalue weighted by Crippen LogP contribution is -1.89. The first-order valence-corrected chi connectivity index (χ1v) is 6.12. The van der Waals surface area contributed by atoms with E-state index in [1.54, 1.807) is 24.3 Å². The van der Waals surface area contributed by atoms with E-state index in [0.29, 0.717) is 5.56 Å². The first-order valence-electron chi connectivity index (χ1n) is 6.12. The molecular weight excluding hydrogens is 254 g/mol. The van der Waals surface area contributed by atoms with Crippen LogP contribution in [0.2, 0.25) is 0 Å². The lowest BCUT2D eigenvalue weighted by Gasteiger charge is -1.99. The number of non-ortho nitro benzene ring substituents is 1. The normalized spacial score (nSPS) is 13.5. The Morgan fingerprint density at radius 1 is 1.35 bits per heavy atom. The molecule has 0 atom stereocenters. The van der Waals surface area contributed by atoms with E-state index < -0.39 is 4.92 Å². The van der Waals surface area contributed by atoms with E-state index in [0.717, 1.165) is 18.4 Å². The molecule has 1 saturated carbocycles. The Hall–Kier alpha value is -2.92. The van der Waals surface area contributed by atoms with Crippen molar-refractivity contribution in [2.24, 2.45) is 5.92 Å². The Labute approximate surface area is 116 Å². The second-order valence-electron chi connectivity index (χ2n) is 4.51. The Kier molecular flexibility index (Phi) is 3.93. The molecule has 1 aromatic carbocycles.